The molecule has 0 radical (unpaired) electrons. The number of imidazole rings is 1. The highest BCUT2D eigenvalue weighted by molar-refractivity contribution is 5.72. The van der Waals surface area contributed by atoms with Gasteiger partial charge >= 0.3 is 0 Å². The van der Waals surface area contributed by atoms with Crippen LogP contribution in [0.15, 0.2) is 18.2 Å². The lowest BCUT2D eigenvalue weighted by Crippen LogP contribution is -2.25. The van der Waals surface area contributed by atoms with Gasteiger partial charge in [-0.3, -0.25) is 0 Å². The van der Waals surface area contributed by atoms with E-state index in [0.717, 1.165) is 24.2 Å². The van der Waals surface area contributed by atoms with Crippen molar-refractivity contribution in [3.8, 4) is 11.3 Å². The lowest BCUT2D eigenvalue weighted by molar-refractivity contribution is 0.388. The molecule has 0 bridgehead atoms. The number of hydrogen-bond donors (Lipinski definition) is 1. The minimum absolute atomic E-state index is 0.159. The molecule has 3 rings (SSSR count). The summed E-state index contributed by atoms with van der Waals surface area (Å²) >= 11 is 0. The second kappa shape index (κ2) is 4.58. The SMILES string of the molecule is Cc1ccc(F)c(-c2nc(C3CC3)n(C(C)(C)C)c2N)c1. The van der Waals surface area contributed by atoms with Crippen molar-refractivity contribution in [3.63, 3.8) is 0 Å². The van der Waals surface area contributed by atoms with E-state index in [4.69, 9.17) is 10.7 Å². The number of benzene rings is 1. The second-order valence-corrected chi connectivity index (χ2v) is 6.97. The van der Waals surface area contributed by atoms with Gasteiger partial charge in [-0.1, -0.05) is 11.6 Å². The lowest BCUT2D eigenvalue weighted by Gasteiger charge is -2.25. The standard InChI is InChI=1S/C17H22FN3/c1-10-5-8-13(18)12(9-10)14-15(19)21(17(2,3)4)16(20-14)11-6-7-11/h5,8-9,11H,6-7,19H2,1-4H3. The molecule has 0 unspecified atom stereocenters. The smallest absolute Gasteiger partial charge is 0.132 e. The Kier molecular flexibility index (Phi) is 3.08. The highest BCUT2D eigenvalue weighted by Crippen LogP contribution is 2.44. The summed E-state index contributed by atoms with van der Waals surface area (Å²) in [5.74, 6) is 1.76. The molecule has 2 aromatic rings. The second-order valence-electron chi connectivity index (χ2n) is 6.97. The van der Waals surface area contributed by atoms with Gasteiger partial charge in [-0.25, -0.2) is 9.37 Å². The Hall–Kier alpha value is -1.84. The zero-order valence-electron chi connectivity index (χ0n) is 13.1. The van der Waals surface area contributed by atoms with Gasteiger partial charge in [0.25, 0.3) is 0 Å². The minimum atomic E-state index is -0.270. The summed E-state index contributed by atoms with van der Waals surface area (Å²) in [6, 6.07) is 5.06. The molecule has 0 amide bonds. The van der Waals surface area contributed by atoms with Crippen molar-refractivity contribution in [3.05, 3.63) is 35.4 Å². The summed E-state index contributed by atoms with van der Waals surface area (Å²) in [5, 5.41) is 0. The zero-order valence-corrected chi connectivity index (χ0v) is 13.1. The number of nitrogen functional groups attached to an aromatic ring is 1. The van der Waals surface area contributed by atoms with E-state index < -0.39 is 0 Å². The van der Waals surface area contributed by atoms with Crippen molar-refractivity contribution in [2.45, 2.75) is 52.0 Å². The van der Waals surface area contributed by atoms with Crippen LogP contribution in [0.5, 0.6) is 0 Å². The van der Waals surface area contributed by atoms with Crippen molar-refractivity contribution in [2.75, 3.05) is 5.73 Å². The summed E-state index contributed by atoms with van der Waals surface area (Å²) < 4.78 is 16.3. The first-order valence-electron chi connectivity index (χ1n) is 7.44. The predicted octanol–water partition coefficient (Wildman–Crippen LogP) is 4.21. The summed E-state index contributed by atoms with van der Waals surface area (Å²) in [4.78, 5) is 4.71. The van der Waals surface area contributed by atoms with Gasteiger partial charge in [0.2, 0.25) is 0 Å². The van der Waals surface area contributed by atoms with E-state index in [1.54, 1.807) is 6.07 Å². The molecule has 0 aliphatic heterocycles. The number of hydrogen-bond acceptors (Lipinski definition) is 2. The van der Waals surface area contributed by atoms with Gasteiger partial charge in [0.1, 0.15) is 23.2 Å². The number of nitrogens with two attached hydrogens (primary N) is 1. The monoisotopic (exact) mass is 287 g/mol. The number of nitrogens with zero attached hydrogens (tertiary/aromatic N) is 2. The van der Waals surface area contributed by atoms with Gasteiger partial charge in [0, 0.05) is 17.0 Å². The number of rotatable bonds is 2. The summed E-state index contributed by atoms with van der Waals surface area (Å²) in [6.07, 6.45) is 2.28. The lowest BCUT2D eigenvalue weighted by atomic mass is 10.1. The number of aromatic nitrogens is 2. The molecule has 4 heteroatoms. The molecule has 0 spiro atoms. The largest absolute Gasteiger partial charge is 0.383 e. The quantitative estimate of drug-likeness (QED) is 0.899. The van der Waals surface area contributed by atoms with Crippen LogP contribution in [0.1, 0.15) is 50.9 Å². The highest BCUT2D eigenvalue weighted by atomic mass is 19.1. The van der Waals surface area contributed by atoms with E-state index in [1.807, 2.05) is 13.0 Å². The van der Waals surface area contributed by atoms with Crippen LogP contribution in [0.4, 0.5) is 10.2 Å². The molecular weight excluding hydrogens is 265 g/mol. The predicted molar refractivity (Wildman–Crippen MR) is 83.7 cm³/mol. The number of anilines is 1. The van der Waals surface area contributed by atoms with Gasteiger partial charge in [-0.05, 0) is 52.7 Å². The van der Waals surface area contributed by atoms with Crippen LogP contribution < -0.4 is 5.73 Å². The van der Waals surface area contributed by atoms with E-state index in [0.29, 0.717) is 23.0 Å². The molecule has 1 aliphatic carbocycles. The first-order chi connectivity index (χ1) is 9.79. The number of aryl methyl sites for hydroxylation is 1. The zero-order chi connectivity index (χ0) is 15.4. The van der Waals surface area contributed by atoms with E-state index in [-0.39, 0.29) is 11.4 Å². The molecule has 1 fully saturated rings. The molecule has 1 aromatic heterocycles. The molecule has 1 aliphatic rings. The van der Waals surface area contributed by atoms with Crippen LogP contribution in [-0.2, 0) is 5.54 Å². The van der Waals surface area contributed by atoms with Crippen LogP contribution in [0.3, 0.4) is 0 Å². The first-order valence-corrected chi connectivity index (χ1v) is 7.44. The third kappa shape index (κ3) is 2.43. The fraction of sp³-hybridized carbons (Fsp3) is 0.471. The maximum atomic E-state index is 14.2. The molecule has 21 heavy (non-hydrogen) atoms. The maximum absolute atomic E-state index is 14.2. The average Bonchev–Trinajstić information content (AvgIpc) is 3.15. The Morgan fingerprint density at radius 3 is 2.52 bits per heavy atom. The van der Waals surface area contributed by atoms with Crippen LogP contribution in [-0.4, -0.2) is 9.55 Å². The highest BCUT2D eigenvalue weighted by Gasteiger charge is 2.34. The van der Waals surface area contributed by atoms with Crippen LogP contribution in [0, 0.1) is 12.7 Å². The van der Waals surface area contributed by atoms with Gasteiger partial charge in [0.05, 0.1) is 0 Å². The van der Waals surface area contributed by atoms with E-state index in [2.05, 4.69) is 25.3 Å². The number of halogens is 1. The molecular formula is C17H22FN3. The van der Waals surface area contributed by atoms with Crippen LogP contribution in [0.2, 0.25) is 0 Å². The summed E-state index contributed by atoms with van der Waals surface area (Å²) in [7, 11) is 0. The molecule has 2 N–H and O–H groups in total. The van der Waals surface area contributed by atoms with E-state index in [1.165, 1.54) is 6.07 Å². The average molecular weight is 287 g/mol. The topological polar surface area (TPSA) is 43.8 Å². The molecule has 1 saturated carbocycles. The summed E-state index contributed by atoms with van der Waals surface area (Å²) in [6.45, 7) is 8.26. The van der Waals surface area contributed by atoms with Crippen molar-refractivity contribution in [2.24, 2.45) is 0 Å². The fourth-order valence-electron chi connectivity index (χ4n) is 2.79. The Balaban J connectivity index is 2.22. The van der Waals surface area contributed by atoms with Crippen molar-refractivity contribution < 1.29 is 4.39 Å². The van der Waals surface area contributed by atoms with Crippen molar-refractivity contribution in [1.82, 2.24) is 9.55 Å². The Bertz CT molecular complexity index is 691. The first kappa shape index (κ1) is 14.1. The van der Waals surface area contributed by atoms with Gasteiger partial charge in [-0.2, -0.15) is 0 Å². The Labute approximate surface area is 125 Å². The fourth-order valence-corrected chi connectivity index (χ4v) is 2.79. The molecule has 3 nitrogen and oxygen atoms in total. The molecule has 0 saturated heterocycles. The third-order valence-electron chi connectivity index (χ3n) is 3.93. The van der Waals surface area contributed by atoms with E-state index in [9.17, 15) is 4.39 Å². The Morgan fingerprint density at radius 2 is 1.95 bits per heavy atom. The van der Waals surface area contributed by atoms with Gasteiger partial charge in [-0.15, -0.1) is 0 Å². The molecule has 0 atom stereocenters. The van der Waals surface area contributed by atoms with Crippen LogP contribution >= 0.6 is 0 Å². The molecule has 1 aromatic carbocycles. The summed E-state index contributed by atoms with van der Waals surface area (Å²) in [5.41, 5.74) is 8.26. The van der Waals surface area contributed by atoms with Gasteiger partial charge in [0.15, 0.2) is 0 Å². The third-order valence-corrected chi connectivity index (χ3v) is 3.93. The normalized spacial score (nSPS) is 15.5. The van der Waals surface area contributed by atoms with E-state index >= 15 is 0 Å². The van der Waals surface area contributed by atoms with Crippen LogP contribution in [0.25, 0.3) is 11.3 Å². The maximum Gasteiger partial charge on any atom is 0.132 e. The molecule has 112 valence electrons. The van der Waals surface area contributed by atoms with Crippen molar-refractivity contribution in [1.29, 1.82) is 0 Å². The minimum Gasteiger partial charge on any atom is -0.383 e. The Morgan fingerprint density at radius 1 is 1.29 bits per heavy atom. The van der Waals surface area contributed by atoms with Crippen molar-refractivity contribution >= 4 is 5.82 Å². The molecule has 1 heterocycles. The van der Waals surface area contributed by atoms with Gasteiger partial charge < -0.3 is 10.3 Å².